The van der Waals surface area contributed by atoms with Crippen LogP contribution in [0, 0.1) is 0 Å². The first-order chi connectivity index (χ1) is 9.42. The average molecular weight is 291 g/mol. The van der Waals surface area contributed by atoms with Crippen LogP contribution in [0.15, 0.2) is 24.3 Å². The molecule has 0 unspecified atom stereocenters. The Balaban J connectivity index is 2.18. The van der Waals surface area contributed by atoms with Gasteiger partial charge < -0.3 is 14.8 Å². The largest absolute Gasteiger partial charge is 0.497 e. The zero-order chi connectivity index (χ0) is 15.0. The van der Waals surface area contributed by atoms with Crippen LogP contribution >= 0.6 is 0 Å². The quantitative estimate of drug-likeness (QED) is 0.745. The summed E-state index contributed by atoms with van der Waals surface area (Å²) >= 11 is 0. The van der Waals surface area contributed by atoms with E-state index in [1.807, 2.05) is 31.2 Å². The van der Waals surface area contributed by atoms with Crippen molar-refractivity contribution in [1.29, 1.82) is 0 Å². The minimum absolute atomic E-state index is 0.0991. The van der Waals surface area contributed by atoms with Crippen LogP contribution in [-0.2, 0) is 4.74 Å². The summed E-state index contributed by atoms with van der Waals surface area (Å²) in [6.45, 7) is 1.52. The molecule has 1 atom stereocenters. The van der Waals surface area contributed by atoms with Crippen molar-refractivity contribution in [3.8, 4) is 5.75 Å². The van der Waals surface area contributed by atoms with Crippen molar-refractivity contribution in [1.82, 2.24) is 5.32 Å². The lowest BCUT2D eigenvalue weighted by Crippen LogP contribution is -2.22. The molecule has 0 aliphatic heterocycles. The normalized spacial score (nSPS) is 13.2. The molecule has 1 aromatic rings. The summed E-state index contributed by atoms with van der Waals surface area (Å²) in [6.07, 6.45) is -3.71. The first-order valence-electron chi connectivity index (χ1n) is 6.44. The summed E-state index contributed by atoms with van der Waals surface area (Å²) in [5.74, 6) is 0.793. The highest BCUT2D eigenvalue weighted by Crippen LogP contribution is 2.17. The van der Waals surface area contributed by atoms with E-state index in [0.717, 1.165) is 11.3 Å². The molecular weight excluding hydrogens is 271 g/mol. The Morgan fingerprint density at radius 3 is 2.40 bits per heavy atom. The number of ether oxygens (including phenoxy) is 2. The predicted molar refractivity (Wildman–Crippen MR) is 70.9 cm³/mol. The molecule has 0 bridgehead atoms. The smallest absolute Gasteiger partial charge is 0.411 e. The molecule has 0 fully saturated rings. The van der Waals surface area contributed by atoms with Crippen LogP contribution < -0.4 is 10.1 Å². The Morgan fingerprint density at radius 1 is 1.20 bits per heavy atom. The SMILES string of the molecule is COc1ccc([C@H](C)NCCCOCC(F)(F)F)cc1. The molecule has 0 amide bonds. The van der Waals surface area contributed by atoms with Gasteiger partial charge in [0, 0.05) is 12.6 Å². The van der Waals surface area contributed by atoms with E-state index in [4.69, 9.17) is 4.74 Å². The lowest BCUT2D eigenvalue weighted by atomic mass is 10.1. The summed E-state index contributed by atoms with van der Waals surface area (Å²) in [7, 11) is 1.61. The van der Waals surface area contributed by atoms with Gasteiger partial charge in [-0.1, -0.05) is 12.1 Å². The molecule has 3 nitrogen and oxygen atoms in total. The molecule has 0 saturated carbocycles. The zero-order valence-corrected chi connectivity index (χ0v) is 11.7. The third-order valence-corrected chi connectivity index (χ3v) is 2.80. The van der Waals surface area contributed by atoms with Gasteiger partial charge in [-0.2, -0.15) is 13.2 Å². The fraction of sp³-hybridized carbons (Fsp3) is 0.571. The van der Waals surface area contributed by atoms with Gasteiger partial charge in [-0.15, -0.1) is 0 Å². The Kier molecular flexibility index (Phi) is 6.81. The lowest BCUT2D eigenvalue weighted by molar-refractivity contribution is -0.173. The Hall–Kier alpha value is -1.27. The highest BCUT2D eigenvalue weighted by molar-refractivity contribution is 5.28. The molecule has 1 rings (SSSR count). The van der Waals surface area contributed by atoms with Crippen molar-refractivity contribution in [2.24, 2.45) is 0 Å². The summed E-state index contributed by atoms with van der Waals surface area (Å²) in [5, 5.41) is 3.23. The summed E-state index contributed by atoms with van der Waals surface area (Å²) < 4.78 is 45.1. The molecule has 1 aromatic carbocycles. The average Bonchev–Trinajstić information content (AvgIpc) is 2.41. The topological polar surface area (TPSA) is 30.5 Å². The number of methoxy groups -OCH3 is 1. The van der Waals surface area contributed by atoms with E-state index < -0.39 is 12.8 Å². The molecule has 0 saturated heterocycles. The molecule has 1 N–H and O–H groups in total. The number of nitrogens with one attached hydrogen (secondary N) is 1. The van der Waals surface area contributed by atoms with Gasteiger partial charge in [0.15, 0.2) is 0 Å². The van der Waals surface area contributed by atoms with E-state index in [0.29, 0.717) is 13.0 Å². The van der Waals surface area contributed by atoms with Gasteiger partial charge in [-0.3, -0.25) is 0 Å². The van der Waals surface area contributed by atoms with E-state index >= 15 is 0 Å². The Labute approximate surface area is 117 Å². The Bertz CT molecular complexity index is 379. The van der Waals surface area contributed by atoms with Crippen molar-refractivity contribution in [2.45, 2.75) is 25.6 Å². The number of hydrogen-bond acceptors (Lipinski definition) is 3. The summed E-state index contributed by atoms with van der Waals surface area (Å²) in [5.41, 5.74) is 1.10. The number of alkyl halides is 3. The monoisotopic (exact) mass is 291 g/mol. The molecule has 0 aliphatic rings. The van der Waals surface area contributed by atoms with Crippen LogP contribution in [0.1, 0.15) is 24.9 Å². The molecule has 20 heavy (non-hydrogen) atoms. The van der Waals surface area contributed by atoms with Crippen LogP contribution in [0.2, 0.25) is 0 Å². The van der Waals surface area contributed by atoms with Crippen LogP contribution in [0.3, 0.4) is 0 Å². The van der Waals surface area contributed by atoms with Crippen molar-refractivity contribution in [3.05, 3.63) is 29.8 Å². The van der Waals surface area contributed by atoms with Crippen LogP contribution in [-0.4, -0.2) is 33.0 Å². The van der Waals surface area contributed by atoms with E-state index in [2.05, 4.69) is 10.1 Å². The first-order valence-corrected chi connectivity index (χ1v) is 6.44. The maximum absolute atomic E-state index is 11.8. The Morgan fingerprint density at radius 2 is 1.85 bits per heavy atom. The first kappa shape index (κ1) is 16.8. The van der Waals surface area contributed by atoms with Crippen LogP contribution in [0.4, 0.5) is 13.2 Å². The van der Waals surface area contributed by atoms with Gasteiger partial charge in [-0.05, 0) is 37.6 Å². The van der Waals surface area contributed by atoms with Crippen molar-refractivity contribution in [3.63, 3.8) is 0 Å². The van der Waals surface area contributed by atoms with E-state index in [1.165, 1.54) is 0 Å². The zero-order valence-electron chi connectivity index (χ0n) is 11.7. The van der Waals surface area contributed by atoms with Gasteiger partial charge in [0.2, 0.25) is 0 Å². The van der Waals surface area contributed by atoms with E-state index in [-0.39, 0.29) is 12.6 Å². The van der Waals surface area contributed by atoms with E-state index in [9.17, 15) is 13.2 Å². The molecule has 6 heteroatoms. The van der Waals surface area contributed by atoms with Crippen LogP contribution in [0.25, 0.3) is 0 Å². The van der Waals surface area contributed by atoms with Gasteiger partial charge in [0.1, 0.15) is 12.4 Å². The van der Waals surface area contributed by atoms with Crippen molar-refractivity contribution >= 4 is 0 Å². The third-order valence-electron chi connectivity index (χ3n) is 2.80. The van der Waals surface area contributed by atoms with Crippen LogP contribution in [0.5, 0.6) is 5.75 Å². The number of halogens is 3. The highest BCUT2D eigenvalue weighted by atomic mass is 19.4. The number of benzene rings is 1. The predicted octanol–water partition coefficient (Wildman–Crippen LogP) is 3.31. The second kappa shape index (κ2) is 8.11. The third kappa shape index (κ3) is 6.77. The van der Waals surface area contributed by atoms with Crippen molar-refractivity contribution < 1.29 is 22.6 Å². The summed E-state index contributed by atoms with van der Waals surface area (Å²) in [6, 6.07) is 7.79. The maximum atomic E-state index is 11.8. The molecular formula is C14H20F3NO2. The minimum atomic E-state index is -4.25. The summed E-state index contributed by atoms with van der Waals surface area (Å²) in [4.78, 5) is 0. The van der Waals surface area contributed by atoms with Gasteiger partial charge in [0.05, 0.1) is 7.11 Å². The molecule has 0 heterocycles. The fourth-order valence-corrected chi connectivity index (χ4v) is 1.69. The van der Waals surface area contributed by atoms with E-state index in [1.54, 1.807) is 7.11 Å². The molecule has 0 aromatic heterocycles. The van der Waals surface area contributed by atoms with Gasteiger partial charge in [-0.25, -0.2) is 0 Å². The molecule has 0 aliphatic carbocycles. The lowest BCUT2D eigenvalue weighted by Gasteiger charge is -2.15. The number of hydrogen-bond donors (Lipinski definition) is 1. The molecule has 0 radical (unpaired) electrons. The van der Waals surface area contributed by atoms with Gasteiger partial charge in [0.25, 0.3) is 0 Å². The minimum Gasteiger partial charge on any atom is -0.497 e. The molecule has 0 spiro atoms. The number of rotatable bonds is 8. The second-order valence-corrected chi connectivity index (χ2v) is 4.47. The van der Waals surface area contributed by atoms with Gasteiger partial charge >= 0.3 is 6.18 Å². The maximum Gasteiger partial charge on any atom is 0.411 e. The van der Waals surface area contributed by atoms with Crippen molar-refractivity contribution in [2.75, 3.05) is 26.9 Å². The highest BCUT2D eigenvalue weighted by Gasteiger charge is 2.27. The second-order valence-electron chi connectivity index (χ2n) is 4.47. The molecule has 114 valence electrons. The fourth-order valence-electron chi connectivity index (χ4n) is 1.69. The standard InChI is InChI=1S/C14H20F3NO2/c1-11(12-4-6-13(19-2)7-5-12)18-8-3-9-20-10-14(15,16)17/h4-7,11,18H,3,8-10H2,1-2H3/t11-/m0/s1.